The lowest BCUT2D eigenvalue weighted by atomic mass is 9.94. The normalized spacial score (nSPS) is 12.4. The van der Waals surface area contributed by atoms with Crippen LogP contribution in [0.5, 0.6) is 0 Å². The van der Waals surface area contributed by atoms with E-state index in [1.165, 1.54) is 99.6 Å². The molecular weight excluding hydrogens is 761 g/mol. The molecule has 0 aliphatic heterocycles. The molecule has 1 aliphatic rings. The highest BCUT2D eigenvalue weighted by molar-refractivity contribution is 6.12. The van der Waals surface area contributed by atoms with Crippen LogP contribution in [0.25, 0.3) is 100 Å². The van der Waals surface area contributed by atoms with E-state index in [2.05, 4.69) is 252 Å². The van der Waals surface area contributed by atoms with Crippen LogP contribution in [0.2, 0.25) is 0 Å². The molecule has 296 valence electrons. The van der Waals surface area contributed by atoms with Crippen LogP contribution in [0.15, 0.2) is 237 Å². The fraction of sp³-hybridized carbons (Fsp3) is 0.0164. The van der Waals surface area contributed by atoms with Gasteiger partial charge in [0.05, 0.1) is 16.6 Å². The Bertz CT molecular complexity index is 3550. The molecule has 12 rings (SSSR count). The van der Waals surface area contributed by atoms with E-state index >= 15 is 0 Å². The summed E-state index contributed by atoms with van der Waals surface area (Å²) < 4.78 is 4.93. The maximum absolute atomic E-state index is 2.49. The Kier molecular flexibility index (Phi) is 8.93. The van der Waals surface area contributed by atoms with Gasteiger partial charge in [0, 0.05) is 45.2 Å². The molecule has 0 N–H and O–H groups in total. The predicted molar refractivity (Wildman–Crippen MR) is 267 cm³/mol. The monoisotopic (exact) mass is 802 g/mol. The summed E-state index contributed by atoms with van der Waals surface area (Å²) in [6.45, 7) is 0. The topological polar surface area (TPSA) is 9.86 Å². The Balaban J connectivity index is 1.02. The molecule has 11 aromatic rings. The summed E-state index contributed by atoms with van der Waals surface area (Å²) in [5, 5.41) is 3.73. The number of fused-ring (bicyclic) bond motifs is 6. The zero-order valence-electron chi connectivity index (χ0n) is 34.7. The number of rotatable bonds is 7. The molecule has 0 radical (unpaired) electrons. The van der Waals surface area contributed by atoms with E-state index in [1.54, 1.807) is 0 Å². The molecule has 9 aromatic carbocycles. The molecule has 0 unspecified atom stereocenters. The third-order valence-electron chi connectivity index (χ3n) is 12.8. The molecule has 63 heavy (non-hydrogen) atoms. The van der Waals surface area contributed by atoms with Crippen molar-refractivity contribution in [1.82, 2.24) is 9.13 Å². The lowest BCUT2D eigenvalue weighted by molar-refractivity contribution is 1.00. The van der Waals surface area contributed by atoms with E-state index in [0.29, 0.717) is 0 Å². The largest absolute Gasteiger partial charge is 0.313 e. The molecule has 2 nitrogen and oxygen atoms in total. The van der Waals surface area contributed by atoms with Gasteiger partial charge < -0.3 is 9.13 Å². The smallest absolute Gasteiger partial charge is 0.0547 e. The van der Waals surface area contributed by atoms with Crippen molar-refractivity contribution in [3.63, 3.8) is 0 Å². The third-order valence-corrected chi connectivity index (χ3v) is 12.8. The summed E-state index contributed by atoms with van der Waals surface area (Å²) in [4.78, 5) is 0. The number of aromatic nitrogens is 2. The number of nitrogens with zero attached hydrogens (tertiary/aromatic N) is 2. The molecule has 0 amide bonds. The minimum Gasteiger partial charge on any atom is -0.313 e. The van der Waals surface area contributed by atoms with E-state index in [-0.39, 0.29) is 0 Å². The van der Waals surface area contributed by atoms with Crippen LogP contribution in [0.1, 0.15) is 16.8 Å². The van der Waals surface area contributed by atoms with Crippen LogP contribution in [0.4, 0.5) is 0 Å². The van der Waals surface area contributed by atoms with Gasteiger partial charge in [0.2, 0.25) is 0 Å². The van der Waals surface area contributed by atoms with Crippen molar-refractivity contribution < 1.29 is 0 Å². The van der Waals surface area contributed by atoms with Crippen molar-refractivity contribution in [3.8, 4) is 55.9 Å². The predicted octanol–water partition coefficient (Wildman–Crippen LogP) is 16.0. The maximum Gasteiger partial charge on any atom is 0.0547 e. The van der Waals surface area contributed by atoms with Gasteiger partial charge in [0.15, 0.2) is 0 Å². The fourth-order valence-electron chi connectivity index (χ4n) is 9.80. The first-order chi connectivity index (χ1) is 31.2. The Morgan fingerprint density at radius 2 is 0.905 bits per heavy atom. The minimum absolute atomic E-state index is 0.812. The average molecular weight is 803 g/mol. The summed E-state index contributed by atoms with van der Waals surface area (Å²) >= 11 is 0. The minimum atomic E-state index is 0.812. The lowest BCUT2D eigenvalue weighted by Gasteiger charge is -2.16. The average Bonchev–Trinajstić information content (AvgIpc) is 3.75. The number of benzene rings is 9. The lowest BCUT2D eigenvalue weighted by Crippen LogP contribution is -2.01. The van der Waals surface area contributed by atoms with Crippen molar-refractivity contribution in [2.45, 2.75) is 6.42 Å². The highest BCUT2D eigenvalue weighted by atomic mass is 15.0. The Labute approximate surface area is 367 Å². The second-order valence-corrected chi connectivity index (χ2v) is 16.5. The van der Waals surface area contributed by atoms with E-state index in [1.807, 2.05) is 0 Å². The quantitative estimate of drug-likeness (QED) is 0.152. The first-order valence-electron chi connectivity index (χ1n) is 21.8. The maximum atomic E-state index is 2.49. The zero-order chi connectivity index (χ0) is 41.7. The van der Waals surface area contributed by atoms with E-state index < -0.39 is 0 Å². The van der Waals surface area contributed by atoms with Gasteiger partial charge in [-0.25, -0.2) is 0 Å². The van der Waals surface area contributed by atoms with Gasteiger partial charge in [-0.2, -0.15) is 0 Å². The Morgan fingerprint density at radius 1 is 0.317 bits per heavy atom. The van der Waals surface area contributed by atoms with Gasteiger partial charge in [-0.1, -0.05) is 188 Å². The number of hydrogen-bond donors (Lipinski definition) is 0. The highest BCUT2D eigenvalue weighted by Crippen LogP contribution is 2.41. The first kappa shape index (κ1) is 36.6. The van der Waals surface area contributed by atoms with E-state index in [4.69, 9.17) is 0 Å². The second kappa shape index (κ2) is 15.4. The molecule has 0 spiro atoms. The zero-order valence-corrected chi connectivity index (χ0v) is 34.7. The van der Waals surface area contributed by atoms with Gasteiger partial charge in [0.25, 0.3) is 0 Å². The van der Waals surface area contributed by atoms with Crippen LogP contribution >= 0.6 is 0 Å². The van der Waals surface area contributed by atoms with Crippen LogP contribution in [0, 0.1) is 0 Å². The Morgan fingerprint density at radius 3 is 1.63 bits per heavy atom. The van der Waals surface area contributed by atoms with Crippen LogP contribution < -0.4 is 0 Å². The summed E-state index contributed by atoms with van der Waals surface area (Å²) in [6, 6.07) is 81.7. The molecular formula is C61H42N2. The number of para-hydroxylation sites is 1. The van der Waals surface area contributed by atoms with Gasteiger partial charge in [0.1, 0.15) is 0 Å². The summed E-state index contributed by atoms with van der Waals surface area (Å²) in [5.41, 5.74) is 20.6. The number of allylic oxidation sites excluding steroid dienone is 3. The van der Waals surface area contributed by atoms with Crippen molar-refractivity contribution in [3.05, 3.63) is 253 Å². The second-order valence-electron chi connectivity index (χ2n) is 16.5. The highest BCUT2D eigenvalue weighted by Gasteiger charge is 2.21. The summed E-state index contributed by atoms with van der Waals surface area (Å²) in [7, 11) is 0. The molecule has 0 bridgehead atoms. The molecule has 0 saturated carbocycles. The van der Waals surface area contributed by atoms with Crippen LogP contribution in [-0.4, -0.2) is 9.13 Å². The fourth-order valence-corrected chi connectivity index (χ4v) is 9.80. The van der Waals surface area contributed by atoms with Crippen LogP contribution in [0.3, 0.4) is 0 Å². The van der Waals surface area contributed by atoms with E-state index in [9.17, 15) is 0 Å². The molecule has 0 fully saturated rings. The first-order valence-corrected chi connectivity index (χ1v) is 21.8. The standard InChI is InChI=1S/C61H42N2/c1-5-17-42(18-6-1)46-25-15-27-50(37-46)63-60-36-32-48(39-57(60)54-34-31-49(40-61(54)63)43-19-7-2-8-20-43)47-26-16-30-59-56(38-47)53-28-13-14-29-58(53)62(59)51-33-35-52(44-21-9-3-10-22-44)55(41-51)45-23-11-4-12-24-45/h1-29,31-41H,30H2. The molecule has 2 aromatic heterocycles. The third kappa shape index (κ3) is 6.43. The van der Waals surface area contributed by atoms with Crippen molar-refractivity contribution in [2.75, 3.05) is 0 Å². The summed E-state index contributed by atoms with van der Waals surface area (Å²) in [5.74, 6) is 0. The number of hydrogen-bond acceptors (Lipinski definition) is 0. The summed E-state index contributed by atoms with van der Waals surface area (Å²) in [6.07, 6.45) is 7.90. The molecule has 2 heteroatoms. The van der Waals surface area contributed by atoms with Crippen molar-refractivity contribution in [1.29, 1.82) is 0 Å². The molecule has 1 aliphatic carbocycles. The van der Waals surface area contributed by atoms with Crippen molar-refractivity contribution in [2.24, 2.45) is 0 Å². The van der Waals surface area contributed by atoms with Gasteiger partial charge in [-0.15, -0.1) is 0 Å². The SMILES string of the molecule is C1=CC(c2ccc3c(c2)c2ccc(-c4ccccc4)cc2n3-c2cccc(-c3ccccc3)c2)=Cc2c(n(-c3ccc(-c4ccccc4)c(-c4ccccc4)c3)c3ccccc23)C1. The van der Waals surface area contributed by atoms with Crippen LogP contribution in [-0.2, 0) is 6.42 Å². The van der Waals surface area contributed by atoms with Crippen molar-refractivity contribution >= 4 is 44.4 Å². The van der Waals surface area contributed by atoms with Gasteiger partial charge >= 0.3 is 0 Å². The molecule has 0 saturated heterocycles. The van der Waals surface area contributed by atoms with Gasteiger partial charge in [-0.05, 0) is 110 Å². The molecule has 2 heterocycles. The Hall–Kier alpha value is -8.20. The molecule has 0 atom stereocenters. The van der Waals surface area contributed by atoms with Gasteiger partial charge in [-0.3, -0.25) is 0 Å². The van der Waals surface area contributed by atoms with E-state index in [0.717, 1.165) is 17.8 Å².